The molecule has 2 heterocycles. The summed E-state index contributed by atoms with van der Waals surface area (Å²) >= 11 is 1.72. The number of nitrogens with zero attached hydrogens (tertiary/aromatic N) is 2. The molecule has 1 N–H and O–H groups in total. The number of hydrogen-bond donors (Lipinski definition) is 1. The van der Waals surface area contributed by atoms with E-state index in [1.165, 1.54) is 11.1 Å². The first-order valence-corrected chi connectivity index (χ1v) is 7.37. The monoisotopic (exact) mass is 285 g/mol. The molecule has 0 spiro atoms. The Morgan fingerprint density at radius 3 is 2.70 bits per heavy atom. The third-order valence-electron chi connectivity index (χ3n) is 3.04. The van der Waals surface area contributed by atoms with Gasteiger partial charge in [-0.2, -0.15) is 11.3 Å². The minimum Gasteiger partial charge on any atom is -0.419 e. The first-order chi connectivity index (χ1) is 9.83. The van der Waals surface area contributed by atoms with Crippen molar-refractivity contribution in [3.63, 3.8) is 0 Å². The second-order valence-corrected chi connectivity index (χ2v) is 5.29. The van der Waals surface area contributed by atoms with Crippen molar-refractivity contribution in [2.45, 2.75) is 20.0 Å². The molecule has 1 aromatic carbocycles. The summed E-state index contributed by atoms with van der Waals surface area (Å²) in [5, 5.41) is 15.8. The predicted octanol–water partition coefficient (Wildman–Crippen LogP) is 3.40. The maximum Gasteiger partial charge on any atom is 0.247 e. The average molecular weight is 285 g/mol. The van der Waals surface area contributed by atoms with Crippen LogP contribution in [0, 0.1) is 6.92 Å². The zero-order valence-corrected chi connectivity index (χ0v) is 12.0. The number of nitrogens with one attached hydrogen (secondary N) is 1. The van der Waals surface area contributed by atoms with Gasteiger partial charge in [0, 0.05) is 12.1 Å². The molecule has 0 unspecified atom stereocenters. The molecule has 0 fully saturated rings. The maximum absolute atomic E-state index is 5.64. The van der Waals surface area contributed by atoms with Crippen molar-refractivity contribution in [2.75, 3.05) is 0 Å². The van der Waals surface area contributed by atoms with Gasteiger partial charge in [-0.1, -0.05) is 18.2 Å². The van der Waals surface area contributed by atoms with Crippen LogP contribution in [0.3, 0.4) is 0 Å². The highest BCUT2D eigenvalue weighted by Crippen LogP contribution is 2.17. The fraction of sp³-hybridized carbons (Fsp3) is 0.200. The lowest BCUT2D eigenvalue weighted by Gasteiger charge is -2.00. The highest BCUT2D eigenvalue weighted by Gasteiger charge is 2.07. The molecule has 0 atom stereocenters. The fourth-order valence-corrected chi connectivity index (χ4v) is 2.75. The van der Waals surface area contributed by atoms with Crippen molar-refractivity contribution in [1.29, 1.82) is 0 Å². The molecule has 0 radical (unpaired) electrons. The first kappa shape index (κ1) is 13.0. The quantitative estimate of drug-likeness (QED) is 0.780. The Morgan fingerprint density at radius 1 is 1.10 bits per heavy atom. The molecule has 2 aromatic heterocycles. The van der Waals surface area contributed by atoms with Gasteiger partial charge in [-0.25, -0.2) is 0 Å². The van der Waals surface area contributed by atoms with E-state index < -0.39 is 0 Å². The van der Waals surface area contributed by atoms with Crippen LogP contribution in [-0.4, -0.2) is 10.2 Å². The van der Waals surface area contributed by atoms with Crippen molar-refractivity contribution < 1.29 is 4.42 Å². The largest absolute Gasteiger partial charge is 0.419 e. The lowest BCUT2D eigenvalue weighted by atomic mass is 10.2. The van der Waals surface area contributed by atoms with Crippen LogP contribution in [0.4, 0.5) is 0 Å². The Hall–Kier alpha value is -1.98. The molecule has 0 bridgehead atoms. The van der Waals surface area contributed by atoms with Gasteiger partial charge >= 0.3 is 0 Å². The SMILES string of the molecule is Cc1cscc1CNCc1nnc(-c2ccccc2)o1. The van der Waals surface area contributed by atoms with Gasteiger partial charge in [0.1, 0.15) is 0 Å². The van der Waals surface area contributed by atoms with E-state index >= 15 is 0 Å². The van der Waals surface area contributed by atoms with Crippen LogP contribution in [0.1, 0.15) is 17.0 Å². The molecule has 0 saturated carbocycles. The van der Waals surface area contributed by atoms with E-state index in [4.69, 9.17) is 4.42 Å². The van der Waals surface area contributed by atoms with Crippen molar-refractivity contribution in [3.8, 4) is 11.5 Å². The molecular weight excluding hydrogens is 270 g/mol. The Labute approximate surface area is 121 Å². The molecule has 0 aliphatic rings. The summed E-state index contributed by atoms with van der Waals surface area (Å²) in [6.07, 6.45) is 0. The first-order valence-electron chi connectivity index (χ1n) is 6.43. The van der Waals surface area contributed by atoms with Crippen LogP contribution >= 0.6 is 11.3 Å². The lowest BCUT2D eigenvalue weighted by Crippen LogP contribution is -2.13. The van der Waals surface area contributed by atoms with Gasteiger partial charge in [0.2, 0.25) is 11.8 Å². The predicted molar refractivity (Wildman–Crippen MR) is 79.3 cm³/mol. The molecule has 3 aromatic rings. The van der Waals surface area contributed by atoms with Crippen LogP contribution in [0.2, 0.25) is 0 Å². The summed E-state index contributed by atoms with van der Waals surface area (Å²) < 4.78 is 5.64. The second kappa shape index (κ2) is 5.98. The van der Waals surface area contributed by atoms with E-state index in [0.29, 0.717) is 18.3 Å². The number of hydrogen-bond acceptors (Lipinski definition) is 5. The summed E-state index contributed by atoms with van der Waals surface area (Å²) in [7, 11) is 0. The molecule has 0 saturated heterocycles. The van der Waals surface area contributed by atoms with Crippen molar-refractivity contribution >= 4 is 11.3 Å². The average Bonchev–Trinajstić information content (AvgIpc) is 3.10. The standard InChI is InChI=1S/C15H15N3OS/c1-11-9-20-10-13(11)7-16-8-14-17-18-15(19-14)12-5-3-2-4-6-12/h2-6,9-10,16H,7-8H2,1H3. The number of aromatic nitrogens is 2. The van der Waals surface area contributed by atoms with Crippen molar-refractivity contribution in [3.05, 3.63) is 58.1 Å². The number of aryl methyl sites for hydroxylation is 1. The van der Waals surface area contributed by atoms with Crippen molar-refractivity contribution in [1.82, 2.24) is 15.5 Å². The summed E-state index contributed by atoms with van der Waals surface area (Å²) in [6, 6.07) is 9.79. The summed E-state index contributed by atoms with van der Waals surface area (Å²) in [5.74, 6) is 1.17. The smallest absolute Gasteiger partial charge is 0.247 e. The topological polar surface area (TPSA) is 51.0 Å². The number of rotatable bonds is 5. The van der Waals surface area contributed by atoms with Crippen LogP contribution in [0.15, 0.2) is 45.5 Å². The fourth-order valence-electron chi connectivity index (χ4n) is 1.89. The van der Waals surface area contributed by atoms with E-state index in [2.05, 4.69) is 33.2 Å². The van der Waals surface area contributed by atoms with Gasteiger partial charge in [-0.3, -0.25) is 0 Å². The maximum atomic E-state index is 5.64. The molecule has 4 nitrogen and oxygen atoms in total. The summed E-state index contributed by atoms with van der Waals surface area (Å²) in [6.45, 7) is 3.52. The molecule has 3 rings (SSSR count). The van der Waals surface area contributed by atoms with E-state index in [1.54, 1.807) is 11.3 Å². The van der Waals surface area contributed by atoms with E-state index in [-0.39, 0.29) is 0 Å². The Morgan fingerprint density at radius 2 is 1.95 bits per heavy atom. The molecule has 102 valence electrons. The summed E-state index contributed by atoms with van der Waals surface area (Å²) in [5.41, 5.74) is 3.58. The number of benzene rings is 1. The zero-order chi connectivity index (χ0) is 13.8. The molecule has 20 heavy (non-hydrogen) atoms. The molecular formula is C15H15N3OS. The Kier molecular flexibility index (Phi) is 3.90. The Balaban J connectivity index is 1.59. The van der Waals surface area contributed by atoms with Gasteiger partial charge in [-0.05, 0) is 40.9 Å². The lowest BCUT2D eigenvalue weighted by molar-refractivity contribution is 0.477. The molecule has 0 aliphatic heterocycles. The second-order valence-electron chi connectivity index (χ2n) is 4.55. The normalized spacial score (nSPS) is 10.8. The highest BCUT2D eigenvalue weighted by atomic mass is 32.1. The van der Waals surface area contributed by atoms with Gasteiger partial charge in [0.25, 0.3) is 0 Å². The van der Waals surface area contributed by atoms with Crippen LogP contribution in [0.25, 0.3) is 11.5 Å². The zero-order valence-electron chi connectivity index (χ0n) is 11.2. The Bertz CT molecular complexity index is 675. The molecule has 0 aliphatic carbocycles. The van der Waals surface area contributed by atoms with Crippen LogP contribution in [-0.2, 0) is 13.1 Å². The van der Waals surface area contributed by atoms with E-state index in [1.807, 2.05) is 30.3 Å². The van der Waals surface area contributed by atoms with E-state index in [0.717, 1.165) is 12.1 Å². The third-order valence-corrected chi connectivity index (χ3v) is 3.95. The van der Waals surface area contributed by atoms with Crippen LogP contribution in [0.5, 0.6) is 0 Å². The van der Waals surface area contributed by atoms with E-state index in [9.17, 15) is 0 Å². The third kappa shape index (κ3) is 2.95. The number of thiophene rings is 1. The van der Waals surface area contributed by atoms with Crippen molar-refractivity contribution in [2.24, 2.45) is 0 Å². The van der Waals surface area contributed by atoms with Gasteiger partial charge in [0.05, 0.1) is 6.54 Å². The highest BCUT2D eigenvalue weighted by molar-refractivity contribution is 7.08. The van der Waals surface area contributed by atoms with Gasteiger partial charge in [-0.15, -0.1) is 10.2 Å². The van der Waals surface area contributed by atoms with Gasteiger partial charge in [0.15, 0.2) is 0 Å². The van der Waals surface area contributed by atoms with Crippen LogP contribution < -0.4 is 5.32 Å². The summed E-state index contributed by atoms with van der Waals surface area (Å²) in [4.78, 5) is 0. The molecule has 5 heteroatoms. The van der Waals surface area contributed by atoms with Gasteiger partial charge < -0.3 is 9.73 Å². The minimum atomic E-state index is 0.564. The molecule has 0 amide bonds. The minimum absolute atomic E-state index is 0.564.